The molecule has 1 aromatic carbocycles. The average molecular weight is 283 g/mol. The summed E-state index contributed by atoms with van der Waals surface area (Å²) in [7, 11) is 0. The van der Waals surface area contributed by atoms with Gasteiger partial charge in [0.25, 0.3) is 0 Å². The molecule has 1 aliphatic heterocycles. The molecule has 0 fully saturated rings. The first-order chi connectivity index (χ1) is 10.4. The molecule has 0 spiro atoms. The minimum atomic E-state index is 0.783. The normalized spacial score (nSPS) is 14.0. The van der Waals surface area contributed by atoms with Crippen molar-refractivity contribution < 1.29 is 4.74 Å². The molecular weight excluding hydrogens is 262 g/mol. The summed E-state index contributed by atoms with van der Waals surface area (Å²) in [5.41, 5.74) is 2.39. The van der Waals surface area contributed by atoms with Crippen molar-refractivity contribution in [3.8, 4) is 5.75 Å². The molecular formula is C17H21N3O. The molecule has 0 unspecified atom stereocenters. The highest BCUT2D eigenvalue weighted by atomic mass is 16.5. The number of aromatic nitrogens is 1. The maximum absolute atomic E-state index is 5.80. The summed E-state index contributed by atoms with van der Waals surface area (Å²) in [5, 5.41) is 3.22. The van der Waals surface area contributed by atoms with E-state index in [9.17, 15) is 0 Å². The number of anilines is 2. The second-order valence-corrected chi connectivity index (χ2v) is 5.17. The quantitative estimate of drug-likeness (QED) is 0.934. The van der Waals surface area contributed by atoms with Gasteiger partial charge in [-0.1, -0.05) is 18.2 Å². The molecule has 0 bridgehead atoms. The van der Waals surface area contributed by atoms with E-state index in [2.05, 4.69) is 40.3 Å². The highest BCUT2D eigenvalue weighted by Gasteiger charge is 2.16. The summed E-state index contributed by atoms with van der Waals surface area (Å²) in [4.78, 5) is 6.81. The fourth-order valence-electron chi connectivity index (χ4n) is 2.59. The molecule has 0 radical (unpaired) electrons. The molecule has 3 rings (SSSR count). The Bertz CT molecular complexity index is 583. The molecule has 1 N–H and O–H groups in total. The molecule has 1 aliphatic rings. The summed E-state index contributed by atoms with van der Waals surface area (Å²) in [5.74, 6) is 1.91. The number of fused-ring (bicyclic) bond motifs is 1. The summed E-state index contributed by atoms with van der Waals surface area (Å²) in [6.45, 7) is 5.61. The van der Waals surface area contributed by atoms with Crippen molar-refractivity contribution in [3.63, 3.8) is 0 Å². The standard InChI is InChI=1S/C17H21N3O/c1-2-18-17-9-8-14(12-19-17)13-20-10-5-11-21-16-7-4-3-6-15(16)20/h3-4,6-9,12H,2,5,10-11,13H2,1H3,(H,18,19). The molecule has 0 atom stereocenters. The predicted molar refractivity (Wildman–Crippen MR) is 86.0 cm³/mol. The summed E-state index contributed by atoms with van der Waals surface area (Å²) >= 11 is 0. The van der Waals surface area contributed by atoms with Crippen LogP contribution in [0.25, 0.3) is 0 Å². The van der Waals surface area contributed by atoms with Gasteiger partial charge >= 0.3 is 0 Å². The third-order valence-corrected chi connectivity index (χ3v) is 3.59. The Hall–Kier alpha value is -2.23. The van der Waals surface area contributed by atoms with Gasteiger partial charge < -0.3 is 15.0 Å². The SMILES string of the molecule is CCNc1ccc(CN2CCCOc3ccccc32)cn1. The Morgan fingerprint density at radius 3 is 2.95 bits per heavy atom. The average Bonchev–Trinajstić information content (AvgIpc) is 2.72. The van der Waals surface area contributed by atoms with Crippen molar-refractivity contribution in [2.45, 2.75) is 19.9 Å². The van der Waals surface area contributed by atoms with Crippen LogP contribution in [-0.4, -0.2) is 24.7 Å². The molecule has 4 heteroatoms. The molecule has 2 heterocycles. The first-order valence-corrected chi connectivity index (χ1v) is 7.52. The number of nitrogens with zero attached hydrogens (tertiary/aromatic N) is 2. The van der Waals surface area contributed by atoms with E-state index in [1.165, 1.54) is 11.3 Å². The fraction of sp³-hybridized carbons (Fsp3) is 0.353. The lowest BCUT2D eigenvalue weighted by molar-refractivity contribution is 0.322. The fourth-order valence-corrected chi connectivity index (χ4v) is 2.59. The Labute approximate surface area is 125 Å². The van der Waals surface area contributed by atoms with Crippen molar-refractivity contribution in [2.24, 2.45) is 0 Å². The highest BCUT2D eigenvalue weighted by Crippen LogP contribution is 2.31. The molecule has 110 valence electrons. The Morgan fingerprint density at radius 1 is 1.24 bits per heavy atom. The lowest BCUT2D eigenvalue weighted by Gasteiger charge is -2.23. The number of hydrogen-bond donors (Lipinski definition) is 1. The maximum Gasteiger partial charge on any atom is 0.142 e. The van der Waals surface area contributed by atoms with Crippen LogP contribution in [0.1, 0.15) is 18.9 Å². The van der Waals surface area contributed by atoms with E-state index in [1.54, 1.807) is 0 Å². The van der Waals surface area contributed by atoms with E-state index in [0.717, 1.165) is 44.2 Å². The van der Waals surface area contributed by atoms with E-state index >= 15 is 0 Å². The largest absolute Gasteiger partial charge is 0.491 e. The number of rotatable bonds is 4. The zero-order chi connectivity index (χ0) is 14.5. The molecule has 2 aromatic rings. The Kier molecular flexibility index (Phi) is 4.24. The Morgan fingerprint density at radius 2 is 2.14 bits per heavy atom. The smallest absolute Gasteiger partial charge is 0.142 e. The van der Waals surface area contributed by atoms with Crippen LogP contribution < -0.4 is 15.0 Å². The highest BCUT2D eigenvalue weighted by molar-refractivity contribution is 5.59. The van der Waals surface area contributed by atoms with Crippen LogP contribution in [0.2, 0.25) is 0 Å². The van der Waals surface area contributed by atoms with Crippen LogP contribution >= 0.6 is 0 Å². The summed E-state index contributed by atoms with van der Waals surface area (Å²) in [6, 6.07) is 12.4. The van der Waals surface area contributed by atoms with Crippen molar-refractivity contribution in [3.05, 3.63) is 48.2 Å². The second kappa shape index (κ2) is 6.48. The lowest BCUT2D eigenvalue weighted by atomic mass is 10.2. The van der Waals surface area contributed by atoms with Crippen LogP contribution in [0.3, 0.4) is 0 Å². The van der Waals surface area contributed by atoms with Crippen LogP contribution in [0.15, 0.2) is 42.6 Å². The van der Waals surface area contributed by atoms with Crippen molar-refractivity contribution in [2.75, 3.05) is 29.9 Å². The van der Waals surface area contributed by atoms with Gasteiger partial charge in [0.15, 0.2) is 0 Å². The van der Waals surface area contributed by atoms with E-state index in [0.29, 0.717) is 0 Å². The van der Waals surface area contributed by atoms with Gasteiger partial charge in [0.1, 0.15) is 11.6 Å². The van der Waals surface area contributed by atoms with Crippen LogP contribution in [0.4, 0.5) is 11.5 Å². The molecule has 21 heavy (non-hydrogen) atoms. The van der Waals surface area contributed by atoms with Crippen LogP contribution in [0, 0.1) is 0 Å². The zero-order valence-corrected chi connectivity index (χ0v) is 12.4. The van der Waals surface area contributed by atoms with Gasteiger partial charge in [0.2, 0.25) is 0 Å². The van der Waals surface area contributed by atoms with Crippen molar-refractivity contribution >= 4 is 11.5 Å². The van der Waals surface area contributed by atoms with E-state index in [-0.39, 0.29) is 0 Å². The third-order valence-electron chi connectivity index (χ3n) is 3.59. The van der Waals surface area contributed by atoms with Crippen molar-refractivity contribution in [1.29, 1.82) is 0 Å². The second-order valence-electron chi connectivity index (χ2n) is 5.17. The minimum absolute atomic E-state index is 0.783. The zero-order valence-electron chi connectivity index (χ0n) is 12.4. The predicted octanol–water partition coefficient (Wildman–Crippen LogP) is 3.30. The molecule has 0 saturated carbocycles. The number of ether oxygens (including phenoxy) is 1. The first kappa shape index (κ1) is 13.7. The molecule has 0 amide bonds. The van der Waals surface area contributed by atoms with Crippen LogP contribution in [0.5, 0.6) is 5.75 Å². The van der Waals surface area contributed by atoms with Gasteiger partial charge in [-0.15, -0.1) is 0 Å². The topological polar surface area (TPSA) is 37.4 Å². The first-order valence-electron chi connectivity index (χ1n) is 7.52. The van der Waals surface area contributed by atoms with Gasteiger partial charge in [-0.3, -0.25) is 0 Å². The minimum Gasteiger partial charge on any atom is -0.491 e. The van der Waals surface area contributed by atoms with Gasteiger partial charge in [-0.05, 0) is 37.1 Å². The van der Waals surface area contributed by atoms with Gasteiger partial charge in [-0.2, -0.15) is 0 Å². The molecule has 0 saturated heterocycles. The maximum atomic E-state index is 5.80. The molecule has 1 aromatic heterocycles. The molecule has 0 aliphatic carbocycles. The molecule has 4 nitrogen and oxygen atoms in total. The van der Waals surface area contributed by atoms with E-state index < -0.39 is 0 Å². The third kappa shape index (κ3) is 3.27. The number of pyridine rings is 1. The van der Waals surface area contributed by atoms with Gasteiger partial charge in [-0.25, -0.2) is 4.98 Å². The van der Waals surface area contributed by atoms with Gasteiger partial charge in [0.05, 0.1) is 12.3 Å². The lowest BCUT2D eigenvalue weighted by Crippen LogP contribution is -2.23. The van der Waals surface area contributed by atoms with Crippen molar-refractivity contribution in [1.82, 2.24) is 4.98 Å². The van der Waals surface area contributed by atoms with E-state index in [4.69, 9.17) is 4.74 Å². The summed E-state index contributed by atoms with van der Waals surface area (Å²) in [6.07, 6.45) is 2.99. The summed E-state index contributed by atoms with van der Waals surface area (Å²) < 4.78 is 5.80. The van der Waals surface area contributed by atoms with E-state index in [1.807, 2.05) is 24.4 Å². The van der Waals surface area contributed by atoms with Gasteiger partial charge in [0, 0.05) is 25.8 Å². The monoisotopic (exact) mass is 283 g/mol. The number of nitrogens with one attached hydrogen (secondary N) is 1. The number of para-hydroxylation sites is 2. The van der Waals surface area contributed by atoms with Crippen LogP contribution in [-0.2, 0) is 6.54 Å². The Balaban J connectivity index is 1.77. The number of hydrogen-bond acceptors (Lipinski definition) is 4. The number of benzene rings is 1.